The van der Waals surface area contributed by atoms with Gasteiger partial charge in [-0.25, -0.2) is 4.79 Å². The molecule has 0 spiro atoms. The summed E-state index contributed by atoms with van der Waals surface area (Å²) in [5.74, 6) is 3.48. The minimum Gasteiger partial charge on any atom is -0.450 e. The van der Waals surface area contributed by atoms with Gasteiger partial charge in [-0.3, -0.25) is 0 Å². The Morgan fingerprint density at radius 1 is 0.971 bits per heavy atom. The molecule has 5 nitrogen and oxygen atoms in total. The first kappa shape index (κ1) is 25.8. The molecule has 0 radical (unpaired) electrons. The predicted octanol–water partition coefficient (Wildman–Crippen LogP) is 5.92. The molecule has 0 aromatic carbocycles. The molecule has 5 rings (SSSR count). The van der Waals surface area contributed by atoms with Gasteiger partial charge in [0, 0.05) is 5.54 Å². The van der Waals surface area contributed by atoms with Gasteiger partial charge in [0.1, 0.15) is 0 Å². The van der Waals surface area contributed by atoms with Crippen LogP contribution < -0.4 is 5.32 Å². The summed E-state index contributed by atoms with van der Waals surface area (Å²) in [6, 6.07) is 0. The van der Waals surface area contributed by atoms with Crippen molar-refractivity contribution >= 4 is 6.09 Å². The molecular weight excluding hydrogens is 438 g/mol. The van der Waals surface area contributed by atoms with E-state index in [-0.39, 0.29) is 34.7 Å². The topological polar surface area (TPSA) is 78.8 Å². The van der Waals surface area contributed by atoms with E-state index >= 15 is 0 Å². The van der Waals surface area contributed by atoms with E-state index in [9.17, 15) is 15.0 Å². The summed E-state index contributed by atoms with van der Waals surface area (Å²) in [7, 11) is 0. The highest BCUT2D eigenvalue weighted by atomic mass is 16.5. The molecule has 5 aliphatic carbocycles. The molecule has 0 saturated heterocycles. The fraction of sp³-hybridized carbons (Fsp3) is 0.967. The molecule has 0 heterocycles. The third-order valence-electron chi connectivity index (χ3n) is 12.4. The van der Waals surface area contributed by atoms with Crippen LogP contribution in [0.15, 0.2) is 0 Å². The van der Waals surface area contributed by atoms with Crippen LogP contribution in [-0.4, -0.2) is 40.7 Å². The first-order chi connectivity index (χ1) is 16.5. The quantitative estimate of drug-likeness (QED) is 0.433. The fourth-order valence-electron chi connectivity index (χ4n) is 10.1. The van der Waals surface area contributed by atoms with Gasteiger partial charge in [0.2, 0.25) is 0 Å². The van der Waals surface area contributed by atoms with E-state index in [0.717, 1.165) is 44.9 Å². The number of hydrogen-bond acceptors (Lipinski definition) is 4. The number of carbonyl (C=O) groups is 1. The van der Waals surface area contributed by atoms with Crippen LogP contribution in [0.5, 0.6) is 0 Å². The van der Waals surface area contributed by atoms with E-state index in [2.05, 4.69) is 39.9 Å². The Hall–Kier alpha value is -0.810. The normalized spacial score (nSPS) is 48.8. The van der Waals surface area contributed by atoms with Crippen molar-refractivity contribution in [2.24, 2.45) is 52.3 Å². The summed E-state index contributed by atoms with van der Waals surface area (Å²) in [5.41, 5.74) is 0.492. The molecule has 0 aromatic heterocycles. The minimum absolute atomic E-state index is 0.0310. The maximum atomic E-state index is 12.1. The molecule has 11 atom stereocenters. The molecule has 0 aliphatic heterocycles. The number of amides is 1. The Balaban J connectivity index is 1.27. The van der Waals surface area contributed by atoms with E-state index in [1.165, 1.54) is 25.7 Å². The Kier molecular flexibility index (Phi) is 6.78. The largest absolute Gasteiger partial charge is 0.450 e. The second-order valence-electron chi connectivity index (χ2n) is 14.2. The number of ether oxygens (including phenoxy) is 1. The van der Waals surface area contributed by atoms with Crippen molar-refractivity contribution in [2.45, 2.75) is 123 Å². The van der Waals surface area contributed by atoms with Crippen LogP contribution in [-0.2, 0) is 4.74 Å². The van der Waals surface area contributed by atoms with E-state index in [1.54, 1.807) is 0 Å². The lowest BCUT2D eigenvalue weighted by atomic mass is 9.41. The van der Waals surface area contributed by atoms with Gasteiger partial charge in [-0.1, -0.05) is 34.1 Å². The third-order valence-corrected chi connectivity index (χ3v) is 12.4. The fourth-order valence-corrected chi connectivity index (χ4v) is 10.1. The molecule has 5 heteroatoms. The number of aliphatic hydroxyl groups is 2. The molecule has 0 bridgehead atoms. The lowest BCUT2D eigenvalue weighted by Gasteiger charge is -2.64. The number of fused-ring (bicyclic) bond motifs is 5. The van der Waals surface area contributed by atoms with Crippen LogP contribution in [0, 0.1) is 52.3 Å². The Labute approximate surface area is 213 Å². The molecule has 4 unspecified atom stereocenters. The molecule has 35 heavy (non-hydrogen) atoms. The molecular formula is C30H51NO4. The van der Waals surface area contributed by atoms with E-state index in [4.69, 9.17) is 4.74 Å². The zero-order valence-corrected chi connectivity index (χ0v) is 22.9. The maximum absolute atomic E-state index is 12.1. The zero-order chi connectivity index (χ0) is 25.2. The van der Waals surface area contributed by atoms with E-state index < -0.39 is 0 Å². The van der Waals surface area contributed by atoms with Crippen molar-refractivity contribution in [2.75, 3.05) is 6.61 Å². The van der Waals surface area contributed by atoms with Gasteiger partial charge in [-0.15, -0.1) is 0 Å². The first-order valence-electron chi connectivity index (χ1n) is 14.8. The lowest BCUT2D eigenvalue weighted by molar-refractivity contribution is -0.203. The number of nitrogens with one attached hydrogen (secondary N) is 1. The van der Waals surface area contributed by atoms with Gasteiger partial charge in [-0.05, 0) is 123 Å². The van der Waals surface area contributed by atoms with Gasteiger partial charge in [0.05, 0.1) is 18.8 Å². The van der Waals surface area contributed by atoms with Crippen molar-refractivity contribution in [3.63, 3.8) is 0 Å². The SMILES string of the molecule is CC[C@@H]1C2C[C@H](O)CCC2(C)[C@H]2CCC3(C)[C@@H]([C@H](C)CCOC(=O)NC4(C)CC4)CC[C@H]3C2[C@@H]1O. The Morgan fingerprint density at radius 2 is 1.66 bits per heavy atom. The van der Waals surface area contributed by atoms with Gasteiger partial charge >= 0.3 is 6.09 Å². The molecule has 5 aliphatic rings. The molecule has 5 saturated carbocycles. The van der Waals surface area contributed by atoms with Crippen molar-refractivity contribution in [3.8, 4) is 0 Å². The van der Waals surface area contributed by atoms with Gasteiger partial charge < -0.3 is 20.3 Å². The number of alkyl carbamates (subject to hydrolysis) is 1. The van der Waals surface area contributed by atoms with Gasteiger partial charge in [-0.2, -0.15) is 0 Å². The summed E-state index contributed by atoms with van der Waals surface area (Å²) >= 11 is 0. The first-order valence-corrected chi connectivity index (χ1v) is 14.8. The molecule has 3 N–H and O–H groups in total. The summed E-state index contributed by atoms with van der Waals surface area (Å²) in [6.45, 7) is 12.2. The minimum atomic E-state index is -0.260. The standard InChI is InChI=1S/C30H51NO4/c1-6-20-24-17-19(32)9-12-30(24,5)23-10-13-29(4)21(7-8-22(29)25(23)26(20)33)18(2)11-16-35-27(34)31-28(3)14-15-28/h18-26,32-33H,6-17H2,1-5H3,(H,31,34)/t18-,19-,20-,21-,22+,23+,24?,25?,26-,29?,30?/m1/s1. The van der Waals surface area contributed by atoms with E-state index in [0.29, 0.717) is 48.0 Å². The third kappa shape index (κ3) is 4.35. The van der Waals surface area contributed by atoms with Crippen molar-refractivity contribution in [3.05, 3.63) is 0 Å². The lowest BCUT2D eigenvalue weighted by Crippen LogP contribution is -2.62. The zero-order valence-electron chi connectivity index (χ0n) is 22.9. The second kappa shape index (κ2) is 9.19. The van der Waals surface area contributed by atoms with Gasteiger partial charge in [0.15, 0.2) is 0 Å². The van der Waals surface area contributed by atoms with Crippen LogP contribution >= 0.6 is 0 Å². The van der Waals surface area contributed by atoms with Crippen LogP contribution in [0.1, 0.15) is 105 Å². The predicted molar refractivity (Wildman–Crippen MR) is 138 cm³/mol. The summed E-state index contributed by atoms with van der Waals surface area (Å²) in [4.78, 5) is 12.1. The Morgan fingerprint density at radius 3 is 2.34 bits per heavy atom. The Bertz CT molecular complexity index is 797. The smallest absolute Gasteiger partial charge is 0.407 e. The average Bonchev–Trinajstić information content (AvgIpc) is 3.41. The van der Waals surface area contributed by atoms with Crippen molar-refractivity contribution < 1.29 is 19.7 Å². The number of aliphatic hydroxyl groups excluding tert-OH is 2. The second-order valence-corrected chi connectivity index (χ2v) is 14.2. The summed E-state index contributed by atoms with van der Waals surface area (Å²) in [5, 5.41) is 25.3. The van der Waals surface area contributed by atoms with Crippen molar-refractivity contribution in [1.29, 1.82) is 0 Å². The van der Waals surface area contributed by atoms with Gasteiger partial charge in [0.25, 0.3) is 0 Å². The van der Waals surface area contributed by atoms with Crippen LogP contribution in [0.3, 0.4) is 0 Å². The van der Waals surface area contributed by atoms with Crippen LogP contribution in [0.2, 0.25) is 0 Å². The number of carbonyl (C=O) groups excluding carboxylic acids is 1. The number of hydrogen-bond donors (Lipinski definition) is 3. The highest BCUT2D eigenvalue weighted by Gasteiger charge is 2.64. The summed E-state index contributed by atoms with van der Waals surface area (Å²) < 4.78 is 5.56. The van der Waals surface area contributed by atoms with Crippen molar-refractivity contribution in [1.82, 2.24) is 5.32 Å². The molecule has 200 valence electrons. The molecule has 0 aromatic rings. The van der Waals surface area contributed by atoms with E-state index in [1.807, 2.05) is 0 Å². The highest BCUT2D eigenvalue weighted by molar-refractivity contribution is 5.68. The van der Waals surface area contributed by atoms with Crippen LogP contribution in [0.25, 0.3) is 0 Å². The average molecular weight is 490 g/mol. The molecule has 1 amide bonds. The highest BCUT2D eigenvalue weighted by Crippen LogP contribution is 2.69. The number of rotatable bonds is 6. The van der Waals surface area contributed by atoms with Crippen LogP contribution in [0.4, 0.5) is 4.79 Å². The summed E-state index contributed by atoms with van der Waals surface area (Å²) in [6.07, 6.45) is 11.2. The maximum Gasteiger partial charge on any atom is 0.407 e. The molecule has 5 fully saturated rings. The monoisotopic (exact) mass is 489 g/mol.